The summed E-state index contributed by atoms with van der Waals surface area (Å²) in [6.45, 7) is 3.14. The van der Waals surface area contributed by atoms with E-state index in [1.807, 2.05) is 0 Å². The van der Waals surface area contributed by atoms with Gasteiger partial charge in [0.2, 0.25) is 12.4 Å². The number of carbonyl (C=O) groups is 4. The third kappa shape index (κ3) is 5.44. The molecule has 24 heavy (non-hydrogen) atoms. The number of carbonyl (C=O) groups excluding carboxylic acids is 4. The average Bonchev–Trinajstić information content (AvgIpc) is 2.42. The SMILES string of the molecule is CC(=O)O[C@@H]1O[C@H](CF)[C@@H](OC(C)=O)[C@@H](OC(C)=O)[C@H]1OC(C)=O. The maximum Gasteiger partial charge on any atom is 0.305 e. The standard InChI is InChI=1S/C14H19FO9/c1-6(16)20-11-10(5-15)24-14(23-9(4)19)13(22-8(3)18)12(11)21-7(2)17/h10-14H,5H2,1-4H3/t10-,11-,12-,13-,14-/m1/s1. The number of hydrogen-bond donors (Lipinski definition) is 0. The lowest BCUT2D eigenvalue weighted by Crippen LogP contribution is -2.62. The van der Waals surface area contributed by atoms with Gasteiger partial charge in [0.25, 0.3) is 0 Å². The number of esters is 4. The Hall–Kier alpha value is -2.23. The minimum Gasteiger partial charge on any atom is -0.456 e. The third-order valence-electron chi connectivity index (χ3n) is 2.93. The zero-order chi connectivity index (χ0) is 18.4. The summed E-state index contributed by atoms with van der Waals surface area (Å²) in [4.78, 5) is 45.1. The highest BCUT2D eigenvalue weighted by Crippen LogP contribution is 2.29. The Morgan fingerprint density at radius 2 is 1.17 bits per heavy atom. The average molecular weight is 350 g/mol. The molecule has 0 unspecified atom stereocenters. The van der Waals surface area contributed by atoms with Gasteiger partial charge in [-0.15, -0.1) is 0 Å². The number of halogens is 1. The van der Waals surface area contributed by atoms with Crippen molar-refractivity contribution in [3.05, 3.63) is 0 Å². The van der Waals surface area contributed by atoms with Crippen LogP contribution >= 0.6 is 0 Å². The monoisotopic (exact) mass is 350 g/mol. The van der Waals surface area contributed by atoms with E-state index in [-0.39, 0.29) is 0 Å². The van der Waals surface area contributed by atoms with Crippen LogP contribution in [0.2, 0.25) is 0 Å². The largest absolute Gasteiger partial charge is 0.456 e. The summed E-state index contributed by atoms with van der Waals surface area (Å²) in [5.74, 6) is -3.16. The molecule has 1 heterocycles. The number of ether oxygens (including phenoxy) is 5. The molecule has 1 rings (SSSR count). The van der Waals surface area contributed by atoms with Crippen LogP contribution in [0.3, 0.4) is 0 Å². The molecule has 0 amide bonds. The lowest BCUT2D eigenvalue weighted by molar-refractivity contribution is -0.297. The first-order chi connectivity index (χ1) is 11.1. The quantitative estimate of drug-likeness (QED) is 0.500. The first-order valence-electron chi connectivity index (χ1n) is 7.06. The topological polar surface area (TPSA) is 114 Å². The first kappa shape index (κ1) is 19.8. The molecule has 1 saturated heterocycles. The summed E-state index contributed by atoms with van der Waals surface area (Å²) in [5.41, 5.74) is 0. The van der Waals surface area contributed by atoms with E-state index >= 15 is 0 Å². The summed E-state index contributed by atoms with van der Waals surface area (Å²) in [5, 5.41) is 0. The molecule has 0 spiro atoms. The predicted molar refractivity (Wildman–Crippen MR) is 73.1 cm³/mol. The van der Waals surface area contributed by atoms with Gasteiger partial charge < -0.3 is 23.7 Å². The second-order valence-corrected chi connectivity index (χ2v) is 5.03. The molecule has 0 bridgehead atoms. The Labute approximate surface area is 137 Å². The van der Waals surface area contributed by atoms with E-state index in [1.54, 1.807) is 0 Å². The zero-order valence-corrected chi connectivity index (χ0v) is 13.6. The Morgan fingerprint density at radius 1 is 0.750 bits per heavy atom. The van der Waals surface area contributed by atoms with Gasteiger partial charge in [-0.25, -0.2) is 4.39 Å². The molecule has 0 aromatic rings. The summed E-state index contributed by atoms with van der Waals surface area (Å²) in [6, 6.07) is 0. The smallest absolute Gasteiger partial charge is 0.305 e. The summed E-state index contributed by atoms with van der Waals surface area (Å²) in [6.07, 6.45) is -7.12. The van der Waals surface area contributed by atoms with Crippen LogP contribution in [-0.4, -0.2) is 61.3 Å². The lowest BCUT2D eigenvalue weighted by Gasteiger charge is -2.43. The van der Waals surface area contributed by atoms with Crippen LogP contribution in [0.4, 0.5) is 4.39 Å². The van der Waals surface area contributed by atoms with Crippen molar-refractivity contribution in [1.29, 1.82) is 0 Å². The second-order valence-electron chi connectivity index (χ2n) is 5.03. The van der Waals surface area contributed by atoms with E-state index in [4.69, 9.17) is 23.7 Å². The number of alkyl halides is 1. The molecule has 136 valence electrons. The molecular weight excluding hydrogens is 331 g/mol. The highest BCUT2D eigenvalue weighted by molar-refractivity contribution is 5.69. The van der Waals surface area contributed by atoms with E-state index in [0.29, 0.717) is 0 Å². The van der Waals surface area contributed by atoms with E-state index < -0.39 is 61.3 Å². The minimum atomic E-state index is -1.52. The molecule has 10 heteroatoms. The summed E-state index contributed by atoms with van der Waals surface area (Å²) >= 11 is 0. The molecule has 0 aromatic heterocycles. The fourth-order valence-electron chi connectivity index (χ4n) is 2.24. The van der Waals surface area contributed by atoms with Crippen molar-refractivity contribution in [2.75, 3.05) is 6.67 Å². The minimum absolute atomic E-state index is 0.785. The number of rotatable bonds is 5. The van der Waals surface area contributed by atoms with Crippen LogP contribution in [0.25, 0.3) is 0 Å². The molecule has 0 aromatic carbocycles. The molecular formula is C14H19FO9. The molecule has 1 aliphatic heterocycles. The van der Waals surface area contributed by atoms with Gasteiger partial charge in [0.1, 0.15) is 12.8 Å². The molecule has 9 nitrogen and oxygen atoms in total. The van der Waals surface area contributed by atoms with Crippen molar-refractivity contribution in [3.8, 4) is 0 Å². The molecule has 0 N–H and O–H groups in total. The molecule has 0 aliphatic carbocycles. The molecule has 0 radical (unpaired) electrons. The molecule has 1 fully saturated rings. The normalized spacial score (nSPS) is 29.3. The van der Waals surface area contributed by atoms with E-state index in [2.05, 4.69) is 0 Å². The Balaban J connectivity index is 3.23. The van der Waals surface area contributed by atoms with Gasteiger partial charge >= 0.3 is 23.9 Å². The fourth-order valence-corrected chi connectivity index (χ4v) is 2.24. The maximum atomic E-state index is 13.3. The van der Waals surface area contributed by atoms with Crippen LogP contribution in [-0.2, 0) is 42.9 Å². The van der Waals surface area contributed by atoms with Crippen molar-refractivity contribution in [1.82, 2.24) is 0 Å². The van der Waals surface area contributed by atoms with Crippen LogP contribution in [0.1, 0.15) is 27.7 Å². The Morgan fingerprint density at radius 3 is 1.58 bits per heavy atom. The van der Waals surface area contributed by atoms with Gasteiger partial charge in [-0.3, -0.25) is 19.2 Å². The Kier molecular flexibility index (Phi) is 7.08. The fraction of sp³-hybridized carbons (Fsp3) is 0.714. The highest BCUT2D eigenvalue weighted by Gasteiger charge is 2.53. The summed E-state index contributed by atoms with van der Waals surface area (Å²) < 4.78 is 38.4. The van der Waals surface area contributed by atoms with Crippen molar-refractivity contribution < 1.29 is 47.3 Å². The van der Waals surface area contributed by atoms with E-state index in [9.17, 15) is 23.6 Å². The van der Waals surface area contributed by atoms with Crippen LogP contribution in [0.15, 0.2) is 0 Å². The van der Waals surface area contributed by atoms with Gasteiger partial charge in [0, 0.05) is 27.7 Å². The predicted octanol–water partition coefficient (Wildman–Crippen LogP) is 0.0390. The van der Waals surface area contributed by atoms with Gasteiger partial charge in [0.05, 0.1) is 0 Å². The zero-order valence-electron chi connectivity index (χ0n) is 13.6. The van der Waals surface area contributed by atoms with Gasteiger partial charge in [0.15, 0.2) is 12.2 Å². The van der Waals surface area contributed by atoms with Crippen molar-refractivity contribution in [2.24, 2.45) is 0 Å². The third-order valence-corrected chi connectivity index (χ3v) is 2.93. The van der Waals surface area contributed by atoms with Crippen LogP contribution in [0, 0.1) is 0 Å². The first-order valence-corrected chi connectivity index (χ1v) is 7.06. The van der Waals surface area contributed by atoms with Gasteiger partial charge in [-0.1, -0.05) is 0 Å². The van der Waals surface area contributed by atoms with Crippen molar-refractivity contribution in [3.63, 3.8) is 0 Å². The van der Waals surface area contributed by atoms with Gasteiger partial charge in [-0.05, 0) is 0 Å². The van der Waals surface area contributed by atoms with Crippen LogP contribution in [0.5, 0.6) is 0 Å². The van der Waals surface area contributed by atoms with Gasteiger partial charge in [-0.2, -0.15) is 0 Å². The summed E-state index contributed by atoms with van der Waals surface area (Å²) in [7, 11) is 0. The molecule has 1 aliphatic rings. The Bertz CT molecular complexity index is 506. The lowest BCUT2D eigenvalue weighted by atomic mass is 9.98. The van der Waals surface area contributed by atoms with E-state index in [0.717, 1.165) is 27.7 Å². The van der Waals surface area contributed by atoms with Crippen LogP contribution < -0.4 is 0 Å². The molecule has 5 atom stereocenters. The highest BCUT2D eigenvalue weighted by atomic mass is 19.1. The van der Waals surface area contributed by atoms with Crippen molar-refractivity contribution in [2.45, 2.75) is 58.4 Å². The number of hydrogen-bond acceptors (Lipinski definition) is 9. The molecule has 0 saturated carbocycles. The maximum absolute atomic E-state index is 13.3. The van der Waals surface area contributed by atoms with Crippen molar-refractivity contribution >= 4 is 23.9 Å². The second kappa shape index (κ2) is 8.57. The van der Waals surface area contributed by atoms with E-state index in [1.165, 1.54) is 0 Å².